The first-order valence-electron chi connectivity index (χ1n) is 7.73. The Morgan fingerprint density at radius 3 is 2.48 bits per heavy atom. The minimum absolute atomic E-state index is 0.0509. The summed E-state index contributed by atoms with van der Waals surface area (Å²) >= 11 is 0. The van der Waals surface area contributed by atoms with Crippen molar-refractivity contribution in [2.24, 2.45) is 0 Å². The lowest BCUT2D eigenvalue weighted by atomic mass is 10.1. The normalized spacial score (nSPS) is 16.3. The Kier molecular flexibility index (Phi) is 6.05. The Bertz CT molecular complexity index is 465. The molecule has 0 atom stereocenters. The predicted octanol–water partition coefficient (Wildman–Crippen LogP) is 3.20. The molecule has 1 fully saturated rings. The first kappa shape index (κ1) is 15.8. The molecule has 1 aromatic carbocycles. The molecular formula is C17H25NO3. The monoisotopic (exact) mass is 291 g/mol. The van der Waals surface area contributed by atoms with E-state index in [0.29, 0.717) is 29.6 Å². The van der Waals surface area contributed by atoms with Gasteiger partial charge in [-0.2, -0.15) is 0 Å². The molecule has 4 heteroatoms. The number of ketones is 1. The van der Waals surface area contributed by atoms with Crippen LogP contribution in [0.3, 0.4) is 0 Å². The summed E-state index contributed by atoms with van der Waals surface area (Å²) in [5.74, 6) is 1.33. The highest BCUT2D eigenvalue weighted by Gasteiger charge is 2.17. The van der Waals surface area contributed by atoms with E-state index >= 15 is 0 Å². The summed E-state index contributed by atoms with van der Waals surface area (Å²) in [7, 11) is 3.18. The van der Waals surface area contributed by atoms with E-state index in [0.717, 1.165) is 0 Å². The summed E-state index contributed by atoms with van der Waals surface area (Å²) in [6, 6.07) is 5.79. The van der Waals surface area contributed by atoms with E-state index in [2.05, 4.69) is 5.32 Å². The first-order valence-corrected chi connectivity index (χ1v) is 7.73. The number of Topliss-reactive ketones (excluding diaryl/α,β-unsaturated/α-hetero) is 1. The molecule has 0 spiro atoms. The van der Waals surface area contributed by atoms with Gasteiger partial charge in [0.25, 0.3) is 0 Å². The quantitative estimate of drug-likeness (QED) is 0.646. The average molecular weight is 291 g/mol. The molecule has 0 unspecified atom stereocenters. The summed E-state index contributed by atoms with van der Waals surface area (Å²) in [4.78, 5) is 12.4. The number of hydrogen-bond acceptors (Lipinski definition) is 4. The summed E-state index contributed by atoms with van der Waals surface area (Å²) in [5.41, 5.74) is 0.581. The van der Waals surface area contributed by atoms with Crippen LogP contribution in [-0.2, 0) is 0 Å². The fourth-order valence-corrected chi connectivity index (χ4v) is 2.85. The Labute approximate surface area is 126 Å². The Balaban J connectivity index is 1.98. The molecule has 1 aromatic rings. The average Bonchev–Trinajstić information content (AvgIpc) is 2.80. The fraction of sp³-hybridized carbons (Fsp3) is 0.588. The van der Waals surface area contributed by atoms with Crippen LogP contribution in [0.25, 0.3) is 0 Å². The first-order chi connectivity index (χ1) is 10.2. The summed E-state index contributed by atoms with van der Waals surface area (Å²) in [5, 5.41) is 3.40. The van der Waals surface area contributed by atoms with E-state index < -0.39 is 0 Å². The van der Waals surface area contributed by atoms with Crippen LogP contribution in [0.2, 0.25) is 0 Å². The molecule has 21 heavy (non-hydrogen) atoms. The van der Waals surface area contributed by atoms with Crippen molar-refractivity contribution >= 4 is 5.78 Å². The lowest BCUT2D eigenvalue weighted by Gasteiger charge is -2.16. The Morgan fingerprint density at radius 2 is 1.86 bits per heavy atom. The van der Waals surface area contributed by atoms with Crippen molar-refractivity contribution in [2.75, 3.05) is 20.8 Å². The van der Waals surface area contributed by atoms with Crippen LogP contribution in [-0.4, -0.2) is 32.6 Å². The molecule has 0 bridgehead atoms. The van der Waals surface area contributed by atoms with Crippen molar-refractivity contribution in [3.05, 3.63) is 23.8 Å². The SMILES string of the molecule is COc1ccc(OC)c(C(=O)CNC2CCCCCC2)c1. The van der Waals surface area contributed by atoms with Gasteiger partial charge in [0.2, 0.25) is 0 Å². The van der Waals surface area contributed by atoms with Gasteiger partial charge in [0.05, 0.1) is 26.3 Å². The zero-order valence-corrected chi connectivity index (χ0v) is 13.0. The maximum Gasteiger partial charge on any atom is 0.180 e. The molecule has 116 valence electrons. The van der Waals surface area contributed by atoms with Crippen LogP contribution in [0.4, 0.5) is 0 Å². The van der Waals surface area contributed by atoms with E-state index in [1.54, 1.807) is 32.4 Å². The van der Waals surface area contributed by atoms with Crippen LogP contribution in [0.15, 0.2) is 18.2 Å². The minimum Gasteiger partial charge on any atom is -0.497 e. The standard InChI is InChI=1S/C17H25NO3/c1-20-14-9-10-17(21-2)15(11-14)16(19)12-18-13-7-5-3-4-6-8-13/h9-11,13,18H,3-8,12H2,1-2H3. The van der Waals surface area contributed by atoms with E-state index in [1.807, 2.05) is 0 Å². The fourth-order valence-electron chi connectivity index (χ4n) is 2.85. The zero-order valence-electron chi connectivity index (χ0n) is 13.0. The van der Waals surface area contributed by atoms with Gasteiger partial charge in [-0.3, -0.25) is 4.79 Å². The van der Waals surface area contributed by atoms with Crippen molar-refractivity contribution in [3.63, 3.8) is 0 Å². The van der Waals surface area contributed by atoms with E-state index in [9.17, 15) is 4.79 Å². The van der Waals surface area contributed by atoms with Crippen LogP contribution in [0, 0.1) is 0 Å². The van der Waals surface area contributed by atoms with Gasteiger partial charge in [0, 0.05) is 6.04 Å². The maximum absolute atomic E-state index is 12.4. The molecule has 0 aliphatic heterocycles. The van der Waals surface area contributed by atoms with Gasteiger partial charge in [-0.05, 0) is 31.0 Å². The van der Waals surface area contributed by atoms with Gasteiger partial charge in [-0.1, -0.05) is 25.7 Å². The topological polar surface area (TPSA) is 47.6 Å². The highest BCUT2D eigenvalue weighted by Crippen LogP contribution is 2.24. The predicted molar refractivity (Wildman–Crippen MR) is 83.4 cm³/mol. The second-order valence-electron chi connectivity index (χ2n) is 5.56. The number of benzene rings is 1. The van der Waals surface area contributed by atoms with Gasteiger partial charge in [-0.25, -0.2) is 0 Å². The van der Waals surface area contributed by atoms with Crippen LogP contribution in [0.5, 0.6) is 11.5 Å². The number of nitrogens with one attached hydrogen (secondary N) is 1. The van der Waals surface area contributed by atoms with Gasteiger partial charge in [0.1, 0.15) is 11.5 Å². The lowest BCUT2D eigenvalue weighted by molar-refractivity contribution is 0.0983. The maximum atomic E-state index is 12.4. The highest BCUT2D eigenvalue weighted by molar-refractivity contribution is 6.00. The van der Waals surface area contributed by atoms with Crippen LogP contribution >= 0.6 is 0 Å². The minimum atomic E-state index is 0.0509. The summed E-state index contributed by atoms with van der Waals surface area (Å²) in [6.07, 6.45) is 7.49. The number of carbonyl (C=O) groups excluding carboxylic acids is 1. The summed E-state index contributed by atoms with van der Waals surface area (Å²) < 4.78 is 10.5. The third-order valence-corrected chi connectivity index (χ3v) is 4.11. The molecule has 4 nitrogen and oxygen atoms in total. The molecule has 0 radical (unpaired) electrons. The van der Waals surface area contributed by atoms with E-state index in [1.165, 1.54) is 38.5 Å². The molecule has 2 rings (SSSR count). The van der Waals surface area contributed by atoms with E-state index in [-0.39, 0.29) is 5.78 Å². The van der Waals surface area contributed by atoms with Gasteiger partial charge < -0.3 is 14.8 Å². The third kappa shape index (κ3) is 4.46. The molecular weight excluding hydrogens is 266 g/mol. The molecule has 0 heterocycles. The molecule has 0 aromatic heterocycles. The summed E-state index contributed by atoms with van der Waals surface area (Å²) in [6.45, 7) is 0.355. The molecule has 0 amide bonds. The van der Waals surface area contributed by atoms with Crippen molar-refractivity contribution < 1.29 is 14.3 Å². The van der Waals surface area contributed by atoms with Crippen molar-refractivity contribution in [3.8, 4) is 11.5 Å². The number of carbonyl (C=O) groups is 1. The lowest BCUT2D eigenvalue weighted by Crippen LogP contribution is -2.33. The van der Waals surface area contributed by atoms with Crippen LogP contribution < -0.4 is 14.8 Å². The number of methoxy groups -OCH3 is 2. The zero-order chi connectivity index (χ0) is 15.1. The molecule has 1 saturated carbocycles. The van der Waals surface area contributed by atoms with Gasteiger partial charge >= 0.3 is 0 Å². The van der Waals surface area contributed by atoms with Crippen molar-refractivity contribution in [1.82, 2.24) is 5.32 Å². The molecule has 0 saturated heterocycles. The highest BCUT2D eigenvalue weighted by atomic mass is 16.5. The number of hydrogen-bond donors (Lipinski definition) is 1. The molecule has 1 aliphatic carbocycles. The van der Waals surface area contributed by atoms with Crippen LogP contribution in [0.1, 0.15) is 48.9 Å². The Morgan fingerprint density at radius 1 is 1.14 bits per heavy atom. The van der Waals surface area contributed by atoms with Gasteiger partial charge in [0.15, 0.2) is 5.78 Å². The molecule has 1 N–H and O–H groups in total. The van der Waals surface area contributed by atoms with E-state index in [4.69, 9.17) is 9.47 Å². The van der Waals surface area contributed by atoms with Gasteiger partial charge in [-0.15, -0.1) is 0 Å². The number of rotatable bonds is 6. The largest absolute Gasteiger partial charge is 0.497 e. The second-order valence-corrected chi connectivity index (χ2v) is 5.56. The molecule has 1 aliphatic rings. The smallest absolute Gasteiger partial charge is 0.180 e. The number of ether oxygens (including phenoxy) is 2. The Hall–Kier alpha value is -1.55. The third-order valence-electron chi connectivity index (χ3n) is 4.11. The van der Waals surface area contributed by atoms with Crippen molar-refractivity contribution in [1.29, 1.82) is 0 Å². The second kappa shape index (κ2) is 8.03. The van der Waals surface area contributed by atoms with Crippen molar-refractivity contribution in [2.45, 2.75) is 44.6 Å².